The fraction of sp³-hybridized carbons (Fsp3) is 0.692. The van der Waals surface area contributed by atoms with Gasteiger partial charge in [-0.25, -0.2) is 0 Å². The third-order valence-corrected chi connectivity index (χ3v) is 3.27. The van der Waals surface area contributed by atoms with E-state index in [4.69, 9.17) is 4.74 Å². The van der Waals surface area contributed by atoms with E-state index in [-0.39, 0.29) is 0 Å². The van der Waals surface area contributed by atoms with Gasteiger partial charge >= 0.3 is 0 Å². The molecule has 16 heavy (non-hydrogen) atoms. The predicted octanol–water partition coefficient (Wildman–Crippen LogP) is 3.09. The molecule has 0 saturated heterocycles. The summed E-state index contributed by atoms with van der Waals surface area (Å²) in [6.07, 6.45) is 3.49. The van der Waals surface area contributed by atoms with E-state index in [0.29, 0.717) is 6.04 Å². The smallest absolute Gasteiger partial charge is 0.0466 e. The van der Waals surface area contributed by atoms with Gasteiger partial charge in [-0.3, -0.25) is 0 Å². The van der Waals surface area contributed by atoms with Crippen LogP contribution in [0.2, 0.25) is 0 Å². The molecule has 3 heteroatoms. The lowest BCUT2D eigenvalue weighted by molar-refractivity contribution is 0.143. The fourth-order valence-corrected chi connectivity index (χ4v) is 2.34. The summed E-state index contributed by atoms with van der Waals surface area (Å²) in [6.45, 7) is 7.12. The molecule has 1 N–H and O–H groups in total. The fourth-order valence-electron chi connectivity index (χ4n) is 1.66. The quantitative estimate of drug-likeness (QED) is 0.671. The molecule has 92 valence electrons. The third kappa shape index (κ3) is 6.26. The lowest BCUT2D eigenvalue weighted by Crippen LogP contribution is -2.28. The molecular weight excluding hydrogens is 218 g/mol. The van der Waals surface area contributed by atoms with Crippen molar-refractivity contribution >= 4 is 11.3 Å². The van der Waals surface area contributed by atoms with Crippen molar-refractivity contribution in [3.05, 3.63) is 22.4 Å². The molecule has 0 aliphatic carbocycles. The maximum absolute atomic E-state index is 5.30. The van der Waals surface area contributed by atoms with Crippen molar-refractivity contribution in [2.75, 3.05) is 19.8 Å². The molecule has 1 unspecified atom stereocenters. The molecule has 1 aromatic heterocycles. The molecule has 1 rings (SSSR count). The van der Waals surface area contributed by atoms with Crippen molar-refractivity contribution < 1.29 is 4.74 Å². The van der Waals surface area contributed by atoms with Crippen molar-refractivity contribution in [1.29, 1.82) is 0 Å². The highest BCUT2D eigenvalue weighted by Crippen LogP contribution is 2.08. The number of ether oxygens (including phenoxy) is 1. The molecule has 0 radical (unpaired) electrons. The number of rotatable bonds is 9. The minimum absolute atomic E-state index is 0.571. The van der Waals surface area contributed by atoms with Crippen molar-refractivity contribution in [2.45, 2.75) is 39.2 Å². The van der Waals surface area contributed by atoms with E-state index in [1.807, 2.05) is 6.92 Å². The summed E-state index contributed by atoms with van der Waals surface area (Å²) in [7, 11) is 0. The van der Waals surface area contributed by atoms with E-state index in [0.717, 1.165) is 32.6 Å². The molecule has 0 fully saturated rings. The van der Waals surface area contributed by atoms with Gasteiger partial charge in [0.05, 0.1) is 0 Å². The zero-order chi connectivity index (χ0) is 11.6. The molecular formula is C13H23NOS. The van der Waals surface area contributed by atoms with Crippen LogP contribution in [0, 0.1) is 0 Å². The van der Waals surface area contributed by atoms with Crippen molar-refractivity contribution in [1.82, 2.24) is 5.32 Å². The predicted molar refractivity (Wildman–Crippen MR) is 71.2 cm³/mol. The SMILES string of the molecule is CCOCCCCNC(C)Cc1ccsc1. The van der Waals surface area contributed by atoms with E-state index in [2.05, 4.69) is 29.1 Å². The Bertz CT molecular complexity index is 248. The summed E-state index contributed by atoms with van der Waals surface area (Å²) < 4.78 is 5.30. The normalized spacial score (nSPS) is 12.9. The van der Waals surface area contributed by atoms with Crippen LogP contribution in [-0.2, 0) is 11.2 Å². The molecule has 1 heterocycles. The summed E-state index contributed by atoms with van der Waals surface area (Å²) in [5.41, 5.74) is 1.44. The monoisotopic (exact) mass is 241 g/mol. The molecule has 0 bridgehead atoms. The highest BCUT2D eigenvalue weighted by molar-refractivity contribution is 7.07. The highest BCUT2D eigenvalue weighted by Gasteiger charge is 2.02. The summed E-state index contributed by atoms with van der Waals surface area (Å²) >= 11 is 1.77. The maximum atomic E-state index is 5.30. The minimum Gasteiger partial charge on any atom is -0.382 e. The Morgan fingerprint density at radius 2 is 2.31 bits per heavy atom. The van der Waals surface area contributed by atoms with E-state index in [1.54, 1.807) is 11.3 Å². The molecule has 0 spiro atoms. The second kappa shape index (κ2) is 8.74. The molecule has 1 aromatic rings. The number of thiophene rings is 1. The minimum atomic E-state index is 0.571. The van der Waals surface area contributed by atoms with Gasteiger partial charge in [0.15, 0.2) is 0 Å². The number of unbranched alkanes of at least 4 members (excludes halogenated alkanes) is 1. The first-order valence-electron chi connectivity index (χ1n) is 6.15. The topological polar surface area (TPSA) is 21.3 Å². The Balaban J connectivity index is 1.96. The van der Waals surface area contributed by atoms with Gasteiger partial charge in [0.2, 0.25) is 0 Å². The average molecular weight is 241 g/mol. The zero-order valence-electron chi connectivity index (χ0n) is 10.4. The summed E-state index contributed by atoms with van der Waals surface area (Å²) in [4.78, 5) is 0. The molecule has 0 amide bonds. The van der Waals surface area contributed by atoms with Gasteiger partial charge in [-0.2, -0.15) is 11.3 Å². The van der Waals surface area contributed by atoms with Crippen molar-refractivity contribution in [3.8, 4) is 0 Å². The Kier molecular flexibility index (Phi) is 7.47. The molecule has 0 saturated carbocycles. The van der Waals surface area contributed by atoms with Crippen LogP contribution in [-0.4, -0.2) is 25.8 Å². The van der Waals surface area contributed by atoms with Gasteiger partial charge in [0, 0.05) is 19.3 Å². The largest absolute Gasteiger partial charge is 0.382 e. The van der Waals surface area contributed by atoms with Crippen LogP contribution in [0.5, 0.6) is 0 Å². The summed E-state index contributed by atoms with van der Waals surface area (Å²) in [6, 6.07) is 2.78. The Hall–Kier alpha value is -0.380. The number of hydrogen-bond donors (Lipinski definition) is 1. The lowest BCUT2D eigenvalue weighted by atomic mass is 10.1. The van der Waals surface area contributed by atoms with Gasteiger partial charge in [0.1, 0.15) is 0 Å². The van der Waals surface area contributed by atoms with E-state index < -0.39 is 0 Å². The first kappa shape index (κ1) is 13.7. The highest BCUT2D eigenvalue weighted by atomic mass is 32.1. The van der Waals surface area contributed by atoms with Crippen LogP contribution in [0.1, 0.15) is 32.3 Å². The van der Waals surface area contributed by atoms with E-state index >= 15 is 0 Å². The van der Waals surface area contributed by atoms with Gasteiger partial charge in [-0.05, 0) is 62.0 Å². The first-order chi connectivity index (χ1) is 7.83. The summed E-state index contributed by atoms with van der Waals surface area (Å²) in [5, 5.41) is 7.92. The standard InChI is InChI=1S/C13H23NOS/c1-3-15-8-5-4-7-14-12(2)10-13-6-9-16-11-13/h6,9,11-12,14H,3-5,7-8,10H2,1-2H3. The van der Waals surface area contributed by atoms with Crippen LogP contribution in [0.15, 0.2) is 16.8 Å². The number of hydrogen-bond acceptors (Lipinski definition) is 3. The van der Waals surface area contributed by atoms with Crippen molar-refractivity contribution in [2.24, 2.45) is 0 Å². The van der Waals surface area contributed by atoms with Gasteiger partial charge < -0.3 is 10.1 Å². The van der Waals surface area contributed by atoms with Crippen LogP contribution < -0.4 is 5.32 Å². The number of nitrogens with one attached hydrogen (secondary N) is 1. The van der Waals surface area contributed by atoms with Crippen LogP contribution in [0.3, 0.4) is 0 Å². The van der Waals surface area contributed by atoms with Crippen molar-refractivity contribution in [3.63, 3.8) is 0 Å². The van der Waals surface area contributed by atoms with Crippen LogP contribution in [0.4, 0.5) is 0 Å². The van der Waals surface area contributed by atoms with E-state index in [9.17, 15) is 0 Å². The van der Waals surface area contributed by atoms with Crippen LogP contribution >= 0.6 is 11.3 Å². The first-order valence-corrected chi connectivity index (χ1v) is 7.09. The maximum Gasteiger partial charge on any atom is 0.0466 e. The van der Waals surface area contributed by atoms with Crippen LogP contribution in [0.25, 0.3) is 0 Å². The second-order valence-electron chi connectivity index (χ2n) is 4.09. The molecule has 0 aliphatic heterocycles. The molecule has 0 aromatic carbocycles. The Morgan fingerprint density at radius 3 is 3.00 bits per heavy atom. The molecule has 0 aliphatic rings. The lowest BCUT2D eigenvalue weighted by Gasteiger charge is -2.12. The summed E-state index contributed by atoms with van der Waals surface area (Å²) in [5.74, 6) is 0. The molecule has 2 nitrogen and oxygen atoms in total. The molecule has 1 atom stereocenters. The van der Waals surface area contributed by atoms with Gasteiger partial charge in [0.25, 0.3) is 0 Å². The van der Waals surface area contributed by atoms with Gasteiger partial charge in [-0.15, -0.1) is 0 Å². The van der Waals surface area contributed by atoms with Gasteiger partial charge in [-0.1, -0.05) is 0 Å². The zero-order valence-corrected chi connectivity index (χ0v) is 11.2. The average Bonchev–Trinajstić information content (AvgIpc) is 2.76. The third-order valence-electron chi connectivity index (χ3n) is 2.53. The second-order valence-corrected chi connectivity index (χ2v) is 4.87. The van der Waals surface area contributed by atoms with E-state index in [1.165, 1.54) is 12.0 Å². The Morgan fingerprint density at radius 1 is 1.44 bits per heavy atom. The Labute approximate surface area is 103 Å².